The number of rotatable bonds is 5. The summed E-state index contributed by atoms with van der Waals surface area (Å²) < 4.78 is 0. The van der Waals surface area contributed by atoms with Gasteiger partial charge in [-0.1, -0.05) is 46.8 Å². The summed E-state index contributed by atoms with van der Waals surface area (Å²) in [5.74, 6) is 4.71. The standard InChI is InChI=1S/C30H50O/c1-19(2)20(3)8-9-21(4)23-12-14-28(7)26-11-10-24-22(5)25(31)13-15-29(24)18-30(26,29)17-16-27(23,28)6/h20-26,31H,1,8-18H2,2-7H3/t20?,21-,22+,23?,24?,25?,26?,27-,28+,29?,30?/m1/s1. The Morgan fingerprint density at radius 1 is 0.935 bits per heavy atom. The van der Waals surface area contributed by atoms with E-state index in [0.717, 1.165) is 30.1 Å². The fourth-order valence-corrected chi connectivity index (χ4v) is 10.9. The third kappa shape index (κ3) is 2.77. The van der Waals surface area contributed by atoms with Crippen LogP contribution in [-0.2, 0) is 0 Å². The van der Waals surface area contributed by atoms with E-state index >= 15 is 0 Å². The van der Waals surface area contributed by atoms with E-state index in [0.29, 0.717) is 33.5 Å². The average molecular weight is 427 g/mol. The second-order valence-electron chi connectivity index (χ2n) is 14.0. The van der Waals surface area contributed by atoms with Crippen molar-refractivity contribution in [1.29, 1.82) is 0 Å². The van der Waals surface area contributed by atoms with Crippen LogP contribution >= 0.6 is 0 Å². The van der Waals surface area contributed by atoms with Gasteiger partial charge in [-0.2, -0.15) is 0 Å². The molecule has 1 N–H and O–H groups in total. The number of hydrogen-bond donors (Lipinski definition) is 1. The van der Waals surface area contributed by atoms with Crippen LogP contribution in [0, 0.1) is 57.2 Å². The maximum absolute atomic E-state index is 10.6. The summed E-state index contributed by atoms with van der Waals surface area (Å²) >= 11 is 0. The topological polar surface area (TPSA) is 20.2 Å². The molecule has 0 aromatic carbocycles. The Kier molecular flexibility index (Phi) is 5.15. The van der Waals surface area contributed by atoms with Crippen LogP contribution in [0.4, 0.5) is 0 Å². The molecule has 0 amide bonds. The minimum Gasteiger partial charge on any atom is -0.393 e. The van der Waals surface area contributed by atoms with Crippen LogP contribution in [-0.4, -0.2) is 11.2 Å². The Hall–Kier alpha value is -0.300. The molecule has 0 radical (unpaired) electrons. The number of fused-ring (bicyclic) bond motifs is 2. The lowest BCUT2D eigenvalue weighted by atomic mass is 9.43. The van der Waals surface area contributed by atoms with Crippen molar-refractivity contribution in [1.82, 2.24) is 0 Å². The van der Waals surface area contributed by atoms with E-state index in [1.54, 1.807) is 0 Å². The fourth-order valence-electron chi connectivity index (χ4n) is 10.9. The quantitative estimate of drug-likeness (QED) is 0.441. The highest BCUT2D eigenvalue weighted by molar-refractivity contribution is 5.29. The summed E-state index contributed by atoms with van der Waals surface area (Å²) in [7, 11) is 0. The largest absolute Gasteiger partial charge is 0.393 e. The first-order valence-electron chi connectivity index (χ1n) is 13.9. The third-order valence-electron chi connectivity index (χ3n) is 13.3. The van der Waals surface area contributed by atoms with Gasteiger partial charge in [0.15, 0.2) is 0 Å². The predicted molar refractivity (Wildman–Crippen MR) is 131 cm³/mol. The zero-order valence-electron chi connectivity index (χ0n) is 21.5. The molecular formula is C30H50O. The van der Waals surface area contributed by atoms with E-state index in [1.165, 1.54) is 69.8 Å². The smallest absolute Gasteiger partial charge is 0.0568 e. The van der Waals surface area contributed by atoms with Gasteiger partial charge in [-0.25, -0.2) is 0 Å². The van der Waals surface area contributed by atoms with Crippen LogP contribution in [0.15, 0.2) is 12.2 Å². The molecule has 5 fully saturated rings. The summed E-state index contributed by atoms with van der Waals surface area (Å²) in [5, 5.41) is 10.6. The van der Waals surface area contributed by atoms with Crippen LogP contribution < -0.4 is 0 Å². The molecule has 0 aliphatic heterocycles. The van der Waals surface area contributed by atoms with E-state index < -0.39 is 0 Å². The lowest BCUT2D eigenvalue weighted by Gasteiger charge is -2.62. The molecule has 0 aromatic heterocycles. The third-order valence-corrected chi connectivity index (χ3v) is 13.3. The van der Waals surface area contributed by atoms with Gasteiger partial charge in [-0.15, -0.1) is 0 Å². The normalized spacial score (nSPS) is 54.7. The molecule has 0 bridgehead atoms. The predicted octanol–water partition coefficient (Wildman–Crippen LogP) is 8.02. The van der Waals surface area contributed by atoms with Gasteiger partial charge in [0, 0.05) is 0 Å². The SMILES string of the molecule is C=C(C)C(C)CC[C@@H](C)C1CC[C@@]2(C)C3CCC4[C@H](C)C(O)CCC45CC35CC[C@]12C. The second-order valence-corrected chi connectivity index (χ2v) is 14.0. The monoisotopic (exact) mass is 426 g/mol. The average Bonchev–Trinajstić information content (AvgIpc) is 3.31. The van der Waals surface area contributed by atoms with Crippen LogP contribution in [0.1, 0.15) is 112 Å². The number of aliphatic hydroxyl groups is 1. The lowest BCUT2D eigenvalue weighted by molar-refractivity contribution is -0.143. The molecule has 176 valence electrons. The summed E-state index contributed by atoms with van der Waals surface area (Å²) in [4.78, 5) is 0. The highest BCUT2D eigenvalue weighted by Gasteiger charge is 2.81. The van der Waals surface area contributed by atoms with Crippen molar-refractivity contribution in [3.8, 4) is 0 Å². The van der Waals surface area contributed by atoms with Crippen LogP contribution in [0.2, 0.25) is 0 Å². The van der Waals surface area contributed by atoms with Gasteiger partial charge < -0.3 is 5.11 Å². The van der Waals surface area contributed by atoms with Crippen molar-refractivity contribution >= 4 is 0 Å². The Morgan fingerprint density at radius 3 is 2.39 bits per heavy atom. The number of hydrogen-bond acceptors (Lipinski definition) is 1. The summed E-state index contributed by atoms with van der Waals surface area (Å²) in [6.07, 6.45) is 15.3. The maximum Gasteiger partial charge on any atom is 0.0568 e. The molecule has 1 heteroatoms. The lowest BCUT2D eigenvalue weighted by Crippen LogP contribution is -2.55. The minimum atomic E-state index is -0.0347. The molecule has 1 nitrogen and oxygen atoms in total. The van der Waals surface area contributed by atoms with Crippen molar-refractivity contribution in [3.63, 3.8) is 0 Å². The van der Waals surface area contributed by atoms with Crippen molar-refractivity contribution in [2.75, 3.05) is 0 Å². The molecule has 11 atom stereocenters. The zero-order chi connectivity index (χ0) is 22.4. The molecule has 5 aliphatic rings. The van der Waals surface area contributed by atoms with Gasteiger partial charge in [0.25, 0.3) is 0 Å². The maximum atomic E-state index is 10.6. The Bertz CT molecular complexity index is 741. The molecule has 0 aromatic rings. The van der Waals surface area contributed by atoms with Crippen molar-refractivity contribution in [3.05, 3.63) is 12.2 Å². The zero-order valence-corrected chi connectivity index (χ0v) is 21.5. The molecule has 5 saturated carbocycles. The van der Waals surface area contributed by atoms with Crippen LogP contribution in [0.5, 0.6) is 0 Å². The van der Waals surface area contributed by atoms with E-state index in [4.69, 9.17) is 0 Å². The van der Waals surface area contributed by atoms with Gasteiger partial charge >= 0.3 is 0 Å². The molecule has 5 aliphatic carbocycles. The Balaban J connectivity index is 1.37. The van der Waals surface area contributed by atoms with Gasteiger partial charge in [0.2, 0.25) is 0 Å². The number of aliphatic hydroxyl groups excluding tert-OH is 1. The van der Waals surface area contributed by atoms with Gasteiger partial charge in [-0.3, -0.25) is 0 Å². The Morgan fingerprint density at radius 2 is 1.68 bits per heavy atom. The van der Waals surface area contributed by atoms with E-state index in [2.05, 4.69) is 48.1 Å². The van der Waals surface area contributed by atoms with Crippen LogP contribution in [0.3, 0.4) is 0 Å². The molecule has 0 heterocycles. The minimum absolute atomic E-state index is 0.0347. The molecule has 0 saturated heterocycles. The Labute approximate surface area is 192 Å². The van der Waals surface area contributed by atoms with E-state index in [-0.39, 0.29) is 6.10 Å². The van der Waals surface area contributed by atoms with Gasteiger partial charge in [0.1, 0.15) is 0 Å². The highest BCUT2D eigenvalue weighted by atomic mass is 16.3. The summed E-state index contributed by atoms with van der Waals surface area (Å²) in [6, 6.07) is 0. The fraction of sp³-hybridized carbons (Fsp3) is 0.933. The second kappa shape index (κ2) is 7.10. The number of allylic oxidation sites excluding steroid dienone is 1. The first-order chi connectivity index (χ1) is 14.5. The van der Waals surface area contributed by atoms with Crippen LogP contribution in [0.25, 0.3) is 0 Å². The molecular weight excluding hydrogens is 376 g/mol. The molecule has 5 rings (SSSR count). The van der Waals surface area contributed by atoms with Gasteiger partial charge in [-0.05, 0) is 135 Å². The summed E-state index contributed by atoms with van der Waals surface area (Å²) in [5.41, 5.74) is 3.69. The van der Waals surface area contributed by atoms with E-state index in [1.807, 2.05) is 0 Å². The summed E-state index contributed by atoms with van der Waals surface area (Å²) in [6.45, 7) is 19.2. The van der Waals surface area contributed by atoms with E-state index in [9.17, 15) is 5.11 Å². The van der Waals surface area contributed by atoms with Crippen molar-refractivity contribution in [2.45, 2.75) is 118 Å². The highest BCUT2D eigenvalue weighted by Crippen LogP contribution is 2.88. The van der Waals surface area contributed by atoms with Crippen molar-refractivity contribution in [2.24, 2.45) is 57.2 Å². The first kappa shape index (κ1) is 22.5. The van der Waals surface area contributed by atoms with Gasteiger partial charge in [0.05, 0.1) is 6.10 Å². The first-order valence-corrected chi connectivity index (χ1v) is 13.9. The van der Waals surface area contributed by atoms with Crippen molar-refractivity contribution < 1.29 is 5.11 Å². The molecule has 7 unspecified atom stereocenters. The molecule has 2 spiro atoms. The molecule has 31 heavy (non-hydrogen) atoms.